The van der Waals surface area contributed by atoms with Crippen LogP contribution in [-0.2, 0) is 0 Å². The Kier molecular flexibility index (Phi) is 5.31. The Bertz CT molecular complexity index is 2780. The minimum atomic E-state index is 0.756. The van der Waals surface area contributed by atoms with Crippen LogP contribution in [0, 0.1) is 0 Å². The van der Waals surface area contributed by atoms with Crippen LogP contribution >= 0.6 is 0 Å². The van der Waals surface area contributed by atoms with Crippen LogP contribution in [0.5, 0.6) is 0 Å². The van der Waals surface area contributed by atoms with Crippen molar-refractivity contribution in [1.82, 2.24) is 9.97 Å². The summed E-state index contributed by atoms with van der Waals surface area (Å²) in [5, 5.41) is 12.1. The predicted molar refractivity (Wildman–Crippen MR) is 195 cm³/mol. The van der Waals surface area contributed by atoms with Crippen molar-refractivity contribution in [3.63, 3.8) is 0 Å². The van der Waals surface area contributed by atoms with Gasteiger partial charge in [-0.2, -0.15) is 0 Å². The van der Waals surface area contributed by atoms with E-state index in [2.05, 4.69) is 158 Å². The second kappa shape index (κ2) is 9.69. The molecule has 0 saturated carbocycles. The molecule has 1 heterocycles. The van der Waals surface area contributed by atoms with Crippen LogP contribution in [0.15, 0.2) is 158 Å². The van der Waals surface area contributed by atoms with E-state index in [-0.39, 0.29) is 0 Å². The average Bonchev–Trinajstić information content (AvgIpc) is 3.12. The third-order valence-electron chi connectivity index (χ3n) is 9.61. The summed E-state index contributed by atoms with van der Waals surface area (Å²) in [4.78, 5) is 10.5. The van der Waals surface area contributed by atoms with E-state index < -0.39 is 0 Å². The quantitative estimate of drug-likeness (QED) is 0.194. The van der Waals surface area contributed by atoms with Crippen molar-refractivity contribution in [3.05, 3.63) is 158 Å². The molecule has 0 N–H and O–H groups in total. The van der Waals surface area contributed by atoms with Gasteiger partial charge < -0.3 is 0 Å². The smallest absolute Gasteiger partial charge is 0.161 e. The number of aromatic nitrogens is 2. The molecule has 46 heavy (non-hydrogen) atoms. The van der Waals surface area contributed by atoms with Crippen LogP contribution in [-0.4, -0.2) is 9.97 Å². The third kappa shape index (κ3) is 3.71. The number of benzene rings is 9. The summed E-state index contributed by atoms with van der Waals surface area (Å²) in [7, 11) is 0. The van der Waals surface area contributed by atoms with Crippen molar-refractivity contribution in [2.45, 2.75) is 0 Å². The molecule has 0 amide bonds. The molecule has 0 fully saturated rings. The summed E-state index contributed by atoms with van der Waals surface area (Å²) < 4.78 is 0. The highest BCUT2D eigenvalue weighted by Gasteiger charge is 2.20. The Balaban J connectivity index is 1.32. The summed E-state index contributed by atoms with van der Waals surface area (Å²) in [5.41, 5.74) is 7.85. The molecular formula is C44H26N2. The van der Waals surface area contributed by atoms with E-state index in [0.717, 1.165) is 33.2 Å². The van der Waals surface area contributed by atoms with Crippen LogP contribution < -0.4 is 0 Å². The molecule has 0 unspecified atom stereocenters. The lowest BCUT2D eigenvalue weighted by Crippen LogP contribution is -1.97. The Hall–Kier alpha value is -6.12. The second-order valence-corrected chi connectivity index (χ2v) is 12.1. The zero-order valence-electron chi connectivity index (χ0n) is 24.9. The molecule has 9 aromatic carbocycles. The van der Waals surface area contributed by atoms with Crippen molar-refractivity contribution in [3.8, 4) is 33.6 Å². The first-order valence-corrected chi connectivity index (χ1v) is 15.8. The highest BCUT2D eigenvalue weighted by Crippen LogP contribution is 2.45. The molecular weight excluding hydrogens is 556 g/mol. The monoisotopic (exact) mass is 582 g/mol. The van der Waals surface area contributed by atoms with E-state index in [0.29, 0.717) is 0 Å². The maximum atomic E-state index is 5.23. The van der Waals surface area contributed by atoms with Gasteiger partial charge in [-0.25, -0.2) is 9.97 Å². The Labute approximate surface area is 265 Å². The Morgan fingerprint density at radius 3 is 1.59 bits per heavy atom. The lowest BCUT2D eigenvalue weighted by Gasteiger charge is -2.19. The summed E-state index contributed by atoms with van der Waals surface area (Å²) in [6, 6.07) is 56.8. The standard InChI is InChI=1S/C44H26N2/c1-2-12-30-25-31(20-19-27(30)9-1)38-26-39(34-17-7-13-28-10-3-5-15-32(28)34)36-22-24-41-43-40(23-21-35(38)42(36)43)45-44(46-41)37-18-8-14-29-11-4-6-16-33(29)37/h1-26H. The van der Waals surface area contributed by atoms with Crippen molar-refractivity contribution in [2.75, 3.05) is 0 Å². The molecule has 2 nitrogen and oxygen atoms in total. The summed E-state index contributed by atoms with van der Waals surface area (Å²) in [6.45, 7) is 0. The van der Waals surface area contributed by atoms with Gasteiger partial charge >= 0.3 is 0 Å². The molecule has 0 spiro atoms. The number of rotatable bonds is 3. The van der Waals surface area contributed by atoms with Gasteiger partial charge in [0.25, 0.3) is 0 Å². The van der Waals surface area contributed by atoms with Crippen LogP contribution in [0.4, 0.5) is 0 Å². The average molecular weight is 583 g/mol. The first-order valence-electron chi connectivity index (χ1n) is 15.8. The fourth-order valence-corrected chi connectivity index (χ4v) is 7.47. The van der Waals surface area contributed by atoms with Gasteiger partial charge in [0.15, 0.2) is 5.82 Å². The summed E-state index contributed by atoms with van der Waals surface area (Å²) in [5.74, 6) is 0.756. The lowest BCUT2D eigenvalue weighted by atomic mass is 9.85. The summed E-state index contributed by atoms with van der Waals surface area (Å²) in [6.07, 6.45) is 0. The van der Waals surface area contributed by atoms with Crippen LogP contribution in [0.3, 0.4) is 0 Å². The topological polar surface area (TPSA) is 25.8 Å². The zero-order chi connectivity index (χ0) is 30.2. The van der Waals surface area contributed by atoms with E-state index >= 15 is 0 Å². The highest BCUT2D eigenvalue weighted by atomic mass is 14.9. The van der Waals surface area contributed by atoms with Crippen molar-refractivity contribution in [1.29, 1.82) is 0 Å². The molecule has 0 aliphatic heterocycles. The Morgan fingerprint density at radius 1 is 0.304 bits per heavy atom. The van der Waals surface area contributed by atoms with Crippen molar-refractivity contribution < 1.29 is 0 Å². The van der Waals surface area contributed by atoms with Crippen LogP contribution in [0.25, 0.3) is 98.5 Å². The van der Waals surface area contributed by atoms with Crippen LogP contribution in [0.1, 0.15) is 0 Å². The minimum Gasteiger partial charge on any atom is -0.228 e. The second-order valence-electron chi connectivity index (χ2n) is 12.1. The molecule has 2 heteroatoms. The maximum absolute atomic E-state index is 5.23. The highest BCUT2D eigenvalue weighted by molar-refractivity contribution is 6.28. The normalized spacial score (nSPS) is 11.9. The third-order valence-corrected chi connectivity index (χ3v) is 9.61. The molecule has 0 atom stereocenters. The molecule has 10 rings (SSSR count). The fourth-order valence-electron chi connectivity index (χ4n) is 7.47. The van der Waals surface area contributed by atoms with Gasteiger partial charge in [-0.1, -0.05) is 133 Å². The van der Waals surface area contributed by atoms with E-state index in [4.69, 9.17) is 9.97 Å². The number of hydrogen-bond acceptors (Lipinski definition) is 2. The number of nitrogens with zero attached hydrogens (tertiary/aromatic N) is 2. The van der Waals surface area contributed by atoms with Gasteiger partial charge in [-0.3, -0.25) is 0 Å². The summed E-state index contributed by atoms with van der Waals surface area (Å²) >= 11 is 0. The zero-order valence-corrected chi connectivity index (χ0v) is 24.9. The van der Waals surface area contributed by atoms with Gasteiger partial charge in [-0.05, 0) is 89.6 Å². The van der Waals surface area contributed by atoms with Crippen molar-refractivity contribution >= 4 is 64.9 Å². The van der Waals surface area contributed by atoms with Gasteiger partial charge in [0, 0.05) is 16.3 Å². The molecule has 1 aromatic heterocycles. The van der Waals surface area contributed by atoms with Gasteiger partial charge in [0.1, 0.15) is 0 Å². The maximum Gasteiger partial charge on any atom is 0.161 e. The number of fused-ring (bicyclic) bond motifs is 3. The van der Waals surface area contributed by atoms with Crippen LogP contribution in [0.2, 0.25) is 0 Å². The fraction of sp³-hybridized carbons (Fsp3) is 0. The molecule has 212 valence electrons. The van der Waals surface area contributed by atoms with Gasteiger partial charge in [0.2, 0.25) is 0 Å². The number of hydrogen-bond donors (Lipinski definition) is 0. The van der Waals surface area contributed by atoms with Crippen molar-refractivity contribution in [2.24, 2.45) is 0 Å². The van der Waals surface area contributed by atoms with E-state index in [1.807, 2.05) is 0 Å². The minimum absolute atomic E-state index is 0.756. The molecule has 0 bridgehead atoms. The SMILES string of the molecule is c1ccc2cc(-c3cc(-c4cccc5ccccc45)c4ccc5nc(-c6cccc7ccccc67)nc6ccc3c4c65)ccc2c1. The molecule has 0 aliphatic rings. The first-order chi connectivity index (χ1) is 22.8. The molecule has 0 saturated heterocycles. The predicted octanol–water partition coefficient (Wildman–Crippen LogP) is 11.8. The molecule has 0 aliphatic carbocycles. The molecule has 0 radical (unpaired) electrons. The van der Waals surface area contributed by atoms with Gasteiger partial charge in [-0.15, -0.1) is 0 Å². The first kappa shape index (κ1) is 25.2. The largest absolute Gasteiger partial charge is 0.228 e. The van der Waals surface area contributed by atoms with E-state index in [9.17, 15) is 0 Å². The van der Waals surface area contributed by atoms with E-state index in [1.54, 1.807) is 0 Å². The van der Waals surface area contributed by atoms with Gasteiger partial charge in [0.05, 0.1) is 11.0 Å². The Morgan fingerprint density at radius 2 is 0.870 bits per heavy atom. The molecule has 10 aromatic rings. The van der Waals surface area contributed by atoms with E-state index in [1.165, 1.54) is 65.3 Å². The lowest BCUT2D eigenvalue weighted by molar-refractivity contribution is 1.27.